The molecule has 1 heterocycles. The Morgan fingerprint density at radius 2 is 1.90 bits per heavy atom. The molecule has 0 radical (unpaired) electrons. The van der Waals surface area contributed by atoms with Gasteiger partial charge >= 0.3 is 0 Å². The number of hydrazine groups is 1. The van der Waals surface area contributed by atoms with E-state index in [4.69, 9.17) is 5.84 Å². The van der Waals surface area contributed by atoms with Crippen molar-refractivity contribution in [2.75, 3.05) is 0 Å². The Kier molecular flexibility index (Phi) is 4.24. The van der Waals surface area contributed by atoms with Gasteiger partial charge in [-0.1, -0.05) is 40.2 Å². The molecule has 3 N–H and O–H groups in total. The lowest BCUT2D eigenvalue weighted by Gasteiger charge is -2.15. The van der Waals surface area contributed by atoms with Crippen LogP contribution in [0.3, 0.4) is 0 Å². The third-order valence-corrected chi connectivity index (χ3v) is 3.85. The van der Waals surface area contributed by atoms with Crippen molar-refractivity contribution in [3.8, 4) is 0 Å². The van der Waals surface area contributed by atoms with Gasteiger partial charge < -0.3 is 0 Å². The van der Waals surface area contributed by atoms with Crippen LogP contribution in [-0.2, 0) is 6.42 Å². The van der Waals surface area contributed by atoms with Gasteiger partial charge in [-0.05, 0) is 36.2 Å². The van der Waals surface area contributed by atoms with E-state index in [1.54, 1.807) is 6.20 Å². The molecule has 0 spiro atoms. The molecule has 4 nitrogen and oxygen atoms in total. The van der Waals surface area contributed by atoms with Crippen molar-refractivity contribution >= 4 is 27.0 Å². The first-order valence-corrected chi connectivity index (χ1v) is 7.48. The number of nitrogens with one attached hydrogen (secondary N) is 1. The Labute approximate surface area is 131 Å². The van der Waals surface area contributed by atoms with Gasteiger partial charge in [-0.2, -0.15) is 0 Å². The zero-order valence-corrected chi connectivity index (χ0v) is 12.9. The monoisotopic (exact) mass is 342 g/mol. The lowest BCUT2D eigenvalue weighted by atomic mass is 10.0. The fourth-order valence-corrected chi connectivity index (χ4v) is 2.73. The summed E-state index contributed by atoms with van der Waals surface area (Å²) in [4.78, 5) is 9.09. The van der Waals surface area contributed by atoms with E-state index in [1.807, 2.05) is 36.4 Å². The molecule has 0 aliphatic rings. The number of nitrogens with zero attached hydrogens (tertiary/aromatic N) is 2. The molecule has 0 aliphatic carbocycles. The molecule has 1 unspecified atom stereocenters. The van der Waals surface area contributed by atoms with Crippen LogP contribution in [0.2, 0.25) is 0 Å². The Balaban J connectivity index is 1.90. The number of halogens is 1. The van der Waals surface area contributed by atoms with E-state index in [0.29, 0.717) is 0 Å². The Morgan fingerprint density at radius 3 is 2.67 bits per heavy atom. The second-order valence-electron chi connectivity index (χ2n) is 4.84. The molecule has 0 amide bonds. The average Bonchev–Trinajstić information content (AvgIpc) is 2.52. The van der Waals surface area contributed by atoms with Crippen LogP contribution in [0.1, 0.15) is 17.3 Å². The molecule has 3 rings (SSSR count). The van der Waals surface area contributed by atoms with Crippen LogP contribution in [0.15, 0.2) is 59.2 Å². The van der Waals surface area contributed by atoms with Crippen LogP contribution >= 0.6 is 15.9 Å². The molecule has 3 aromatic rings. The number of hydrogen-bond donors (Lipinski definition) is 2. The van der Waals surface area contributed by atoms with Gasteiger partial charge in [0.1, 0.15) is 0 Å². The van der Waals surface area contributed by atoms with Gasteiger partial charge in [0.05, 0.1) is 29.0 Å². The topological polar surface area (TPSA) is 63.8 Å². The predicted molar refractivity (Wildman–Crippen MR) is 87.4 cm³/mol. The molecule has 0 fully saturated rings. The summed E-state index contributed by atoms with van der Waals surface area (Å²) in [6.45, 7) is 0. The summed E-state index contributed by atoms with van der Waals surface area (Å²) in [6.07, 6.45) is 2.54. The van der Waals surface area contributed by atoms with Gasteiger partial charge in [0, 0.05) is 4.47 Å². The zero-order chi connectivity index (χ0) is 14.7. The third-order valence-electron chi connectivity index (χ3n) is 3.35. The highest BCUT2D eigenvalue weighted by Crippen LogP contribution is 2.20. The van der Waals surface area contributed by atoms with Gasteiger partial charge in [-0.15, -0.1) is 0 Å². The number of hydrogen-bond acceptors (Lipinski definition) is 4. The first kappa shape index (κ1) is 14.1. The number of benzene rings is 2. The normalized spacial score (nSPS) is 12.5. The van der Waals surface area contributed by atoms with Crippen LogP contribution in [0, 0.1) is 0 Å². The van der Waals surface area contributed by atoms with Crippen LogP contribution in [-0.4, -0.2) is 9.97 Å². The van der Waals surface area contributed by atoms with E-state index in [0.717, 1.165) is 27.6 Å². The predicted octanol–water partition coefficient (Wildman–Crippen LogP) is 3.14. The summed E-state index contributed by atoms with van der Waals surface area (Å²) in [6, 6.07) is 15.9. The van der Waals surface area contributed by atoms with E-state index in [9.17, 15) is 0 Å². The van der Waals surface area contributed by atoms with Crippen LogP contribution in [0.25, 0.3) is 11.0 Å². The fourth-order valence-electron chi connectivity index (χ4n) is 2.29. The van der Waals surface area contributed by atoms with Crippen molar-refractivity contribution in [2.24, 2.45) is 5.84 Å². The van der Waals surface area contributed by atoms with Crippen LogP contribution in [0.4, 0.5) is 0 Å². The highest BCUT2D eigenvalue weighted by Gasteiger charge is 2.13. The highest BCUT2D eigenvalue weighted by molar-refractivity contribution is 9.10. The molecule has 1 atom stereocenters. The number of fused-ring (bicyclic) bond motifs is 1. The van der Waals surface area contributed by atoms with Crippen molar-refractivity contribution in [2.45, 2.75) is 12.5 Å². The van der Waals surface area contributed by atoms with E-state index in [-0.39, 0.29) is 6.04 Å². The zero-order valence-electron chi connectivity index (χ0n) is 11.3. The lowest BCUT2D eigenvalue weighted by molar-refractivity contribution is 0.538. The third kappa shape index (κ3) is 3.26. The Morgan fingerprint density at radius 1 is 1.10 bits per heavy atom. The van der Waals surface area contributed by atoms with Gasteiger partial charge in [-0.25, -0.2) is 4.98 Å². The molecular formula is C16H15BrN4. The minimum absolute atomic E-state index is 0.0728. The molecule has 0 bridgehead atoms. The van der Waals surface area contributed by atoms with Gasteiger partial charge in [0.15, 0.2) is 0 Å². The quantitative estimate of drug-likeness (QED) is 0.564. The highest BCUT2D eigenvalue weighted by atomic mass is 79.9. The molecule has 0 saturated heterocycles. The SMILES string of the molecule is NNC(Cc1cccc(Br)c1)c1cnc2ccccc2n1. The first-order chi connectivity index (χ1) is 10.3. The van der Waals surface area contributed by atoms with Crippen molar-refractivity contribution in [3.05, 3.63) is 70.5 Å². The van der Waals surface area contributed by atoms with E-state index >= 15 is 0 Å². The number of aromatic nitrogens is 2. The molecular weight excluding hydrogens is 328 g/mol. The molecule has 106 valence electrons. The fraction of sp³-hybridized carbons (Fsp3) is 0.125. The summed E-state index contributed by atoms with van der Waals surface area (Å²) < 4.78 is 1.06. The Bertz CT molecular complexity index is 760. The maximum absolute atomic E-state index is 5.71. The van der Waals surface area contributed by atoms with E-state index < -0.39 is 0 Å². The van der Waals surface area contributed by atoms with Crippen molar-refractivity contribution in [1.82, 2.24) is 15.4 Å². The minimum atomic E-state index is -0.0728. The molecule has 2 aromatic carbocycles. The summed E-state index contributed by atoms with van der Waals surface area (Å²) in [7, 11) is 0. The maximum Gasteiger partial charge on any atom is 0.0890 e. The molecule has 0 saturated carbocycles. The van der Waals surface area contributed by atoms with Crippen molar-refractivity contribution in [1.29, 1.82) is 0 Å². The van der Waals surface area contributed by atoms with E-state index in [1.165, 1.54) is 5.56 Å². The first-order valence-electron chi connectivity index (χ1n) is 6.68. The molecule has 21 heavy (non-hydrogen) atoms. The smallest absolute Gasteiger partial charge is 0.0890 e. The second-order valence-corrected chi connectivity index (χ2v) is 5.75. The number of nitrogens with two attached hydrogens (primary N) is 1. The number of rotatable bonds is 4. The molecule has 5 heteroatoms. The standard InChI is InChI=1S/C16H15BrN4/c17-12-5-3-4-11(8-12)9-15(21-18)16-10-19-13-6-1-2-7-14(13)20-16/h1-8,10,15,21H,9,18H2. The Hall–Kier alpha value is -1.82. The van der Waals surface area contributed by atoms with Gasteiger partial charge in [0.25, 0.3) is 0 Å². The number of para-hydroxylation sites is 2. The summed E-state index contributed by atoms with van der Waals surface area (Å²) >= 11 is 3.48. The molecule has 0 aliphatic heterocycles. The second kappa shape index (κ2) is 6.30. The average molecular weight is 343 g/mol. The summed E-state index contributed by atoms with van der Waals surface area (Å²) in [5.41, 5.74) is 6.63. The van der Waals surface area contributed by atoms with Crippen molar-refractivity contribution in [3.63, 3.8) is 0 Å². The summed E-state index contributed by atoms with van der Waals surface area (Å²) in [5, 5.41) is 0. The maximum atomic E-state index is 5.71. The van der Waals surface area contributed by atoms with E-state index in [2.05, 4.69) is 43.5 Å². The van der Waals surface area contributed by atoms with Gasteiger partial charge in [0.2, 0.25) is 0 Å². The molecule has 1 aromatic heterocycles. The lowest BCUT2D eigenvalue weighted by Crippen LogP contribution is -2.30. The minimum Gasteiger partial charge on any atom is -0.271 e. The largest absolute Gasteiger partial charge is 0.271 e. The van der Waals surface area contributed by atoms with Crippen LogP contribution < -0.4 is 11.3 Å². The van der Waals surface area contributed by atoms with Gasteiger partial charge in [-0.3, -0.25) is 16.3 Å². The van der Waals surface area contributed by atoms with Crippen LogP contribution in [0.5, 0.6) is 0 Å². The summed E-state index contributed by atoms with van der Waals surface area (Å²) in [5.74, 6) is 5.71. The van der Waals surface area contributed by atoms with Crippen molar-refractivity contribution < 1.29 is 0 Å².